The Morgan fingerprint density at radius 2 is 1.76 bits per heavy atom. The third-order valence-corrected chi connectivity index (χ3v) is 6.56. The zero-order chi connectivity index (χ0) is 24.4. The second kappa shape index (κ2) is 9.50. The van der Waals surface area contributed by atoms with Crippen LogP contribution in [0.4, 0.5) is 13.6 Å². The van der Waals surface area contributed by atoms with E-state index in [-0.39, 0.29) is 29.6 Å². The zero-order valence-corrected chi connectivity index (χ0v) is 19.3. The van der Waals surface area contributed by atoms with E-state index in [1.54, 1.807) is 18.2 Å². The summed E-state index contributed by atoms with van der Waals surface area (Å²) in [7, 11) is -3.33. The van der Waals surface area contributed by atoms with Gasteiger partial charge >= 0.3 is 6.09 Å². The minimum absolute atomic E-state index is 0.160. The third-order valence-electron chi connectivity index (χ3n) is 5.43. The van der Waals surface area contributed by atoms with Crippen LogP contribution in [-0.2, 0) is 14.6 Å². The molecular formula is C22H26F2N2O6S. The van der Waals surface area contributed by atoms with Crippen LogP contribution in [0.15, 0.2) is 52.3 Å². The molecule has 0 saturated carbocycles. The monoisotopic (exact) mass is 484 g/mol. The molecule has 0 bridgehead atoms. The van der Waals surface area contributed by atoms with Crippen LogP contribution < -0.4 is 10.3 Å². The van der Waals surface area contributed by atoms with Gasteiger partial charge in [-0.05, 0) is 37.3 Å². The van der Waals surface area contributed by atoms with Crippen LogP contribution in [0.25, 0.3) is 5.69 Å². The minimum atomic E-state index is -3.33. The molecule has 2 aromatic rings. The molecule has 1 saturated heterocycles. The van der Waals surface area contributed by atoms with Crippen molar-refractivity contribution in [3.05, 3.63) is 52.9 Å². The number of aromatic nitrogens is 1. The summed E-state index contributed by atoms with van der Waals surface area (Å²) < 4.78 is 61.6. The van der Waals surface area contributed by atoms with Crippen LogP contribution in [0.3, 0.4) is 0 Å². The first-order valence-corrected chi connectivity index (χ1v) is 12.3. The van der Waals surface area contributed by atoms with Crippen molar-refractivity contribution in [2.45, 2.75) is 49.7 Å². The van der Waals surface area contributed by atoms with Gasteiger partial charge in [-0.25, -0.2) is 22.0 Å². The number of alkyl halides is 2. The van der Waals surface area contributed by atoms with E-state index in [0.29, 0.717) is 31.2 Å². The highest BCUT2D eigenvalue weighted by Gasteiger charge is 2.35. The van der Waals surface area contributed by atoms with E-state index in [9.17, 15) is 26.8 Å². The molecule has 0 N–H and O–H groups in total. The molecule has 1 unspecified atom stereocenters. The average molecular weight is 485 g/mol. The van der Waals surface area contributed by atoms with Gasteiger partial charge in [-0.2, -0.15) is 0 Å². The highest BCUT2D eigenvalue weighted by molar-refractivity contribution is 7.90. The lowest BCUT2D eigenvalue weighted by atomic mass is 10.1. The maximum Gasteiger partial charge on any atom is 0.410 e. The lowest BCUT2D eigenvalue weighted by Crippen LogP contribution is -2.44. The number of carbonyl (C=O) groups excluding carboxylic acids is 1. The van der Waals surface area contributed by atoms with E-state index in [1.165, 1.54) is 33.9 Å². The Hall–Kier alpha value is -2.95. The van der Waals surface area contributed by atoms with Crippen molar-refractivity contribution in [3.63, 3.8) is 0 Å². The van der Waals surface area contributed by atoms with Gasteiger partial charge in [-0.15, -0.1) is 0 Å². The first-order valence-electron chi connectivity index (χ1n) is 10.4. The molecule has 0 spiro atoms. The summed E-state index contributed by atoms with van der Waals surface area (Å²) in [5, 5.41) is 0. The number of hydrogen-bond acceptors (Lipinski definition) is 6. The Morgan fingerprint density at radius 3 is 2.27 bits per heavy atom. The number of likely N-dealkylation sites (tertiary alicyclic amines) is 1. The van der Waals surface area contributed by atoms with Gasteiger partial charge in [0, 0.05) is 57.1 Å². The number of hydrogen-bond donors (Lipinski definition) is 0. The lowest BCUT2D eigenvalue weighted by Gasteiger charge is -2.32. The second-order valence-corrected chi connectivity index (χ2v) is 10.1. The third kappa shape index (κ3) is 6.31. The van der Waals surface area contributed by atoms with E-state index in [0.717, 1.165) is 13.2 Å². The Labute approximate surface area is 190 Å². The summed E-state index contributed by atoms with van der Waals surface area (Å²) >= 11 is 0. The SMILES string of the molecule is CC(OC(=O)N1CCC(Oc2ccn(-c3ccc(S(C)(=O)=O)cc3)c(=O)c2)CC1)C(C)(F)F. The molecule has 8 nitrogen and oxygen atoms in total. The molecule has 1 aliphatic heterocycles. The largest absolute Gasteiger partial charge is 0.490 e. The molecule has 180 valence electrons. The quantitative estimate of drug-likeness (QED) is 0.625. The number of piperidine rings is 1. The van der Waals surface area contributed by atoms with Crippen molar-refractivity contribution < 1.29 is 31.5 Å². The molecule has 1 aromatic heterocycles. The molecule has 3 rings (SSSR count). The molecule has 1 fully saturated rings. The van der Waals surface area contributed by atoms with Crippen LogP contribution in [0.2, 0.25) is 0 Å². The van der Waals surface area contributed by atoms with Crippen LogP contribution in [0.1, 0.15) is 26.7 Å². The first kappa shape index (κ1) is 24.7. The fraction of sp³-hybridized carbons (Fsp3) is 0.455. The van der Waals surface area contributed by atoms with Crippen molar-refractivity contribution in [2.24, 2.45) is 0 Å². The van der Waals surface area contributed by atoms with Gasteiger partial charge in [0.05, 0.1) is 4.90 Å². The number of benzene rings is 1. The summed E-state index contributed by atoms with van der Waals surface area (Å²) in [5.41, 5.74) is 0.160. The van der Waals surface area contributed by atoms with E-state index in [4.69, 9.17) is 9.47 Å². The minimum Gasteiger partial charge on any atom is -0.490 e. The number of ether oxygens (including phenoxy) is 2. The fourth-order valence-corrected chi connectivity index (χ4v) is 3.91. The normalized spacial score (nSPS) is 16.3. The molecule has 0 radical (unpaired) electrons. The van der Waals surface area contributed by atoms with Gasteiger partial charge in [-0.1, -0.05) is 0 Å². The van der Waals surface area contributed by atoms with Gasteiger partial charge in [0.25, 0.3) is 11.5 Å². The molecule has 1 aromatic carbocycles. The van der Waals surface area contributed by atoms with Crippen molar-refractivity contribution in [1.29, 1.82) is 0 Å². The summed E-state index contributed by atoms with van der Waals surface area (Å²) in [6.45, 7) is 2.42. The Kier molecular flexibility index (Phi) is 7.11. The first-order chi connectivity index (χ1) is 15.3. The van der Waals surface area contributed by atoms with Crippen molar-refractivity contribution in [3.8, 4) is 11.4 Å². The Morgan fingerprint density at radius 1 is 1.15 bits per heavy atom. The standard InChI is InChI=1S/C22H26F2N2O6S/c1-15(22(2,23)24)31-21(28)25-11-8-17(9-12-25)32-18-10-13-26(20(27)14-18)16-4-6-19(7-5-16)33(3,29)30/h4-7,10,13-15,17H,8-9,11-12H2,1-3H3. The maximum absolute atomic E-state index is 13.2. The van der Waals surface area contributed by atoms with Gasteiger partial charge in [0.1, 0.15) is 11.9 Å². The molecular weight excluding hydrogens is 458 g/mol. The van der Waals surface area contributed by atoms with E-state index >= 15 is 0 Å². The summed E-state index contributed by atoms with van der Waals surface area (Å²) in [6.07, 6.45) is 1.01. The highest BCUT2D eigenvalue weighted by Crippen LogP contribution is 2.23. The lowest BCUT2D eigenvalue weighted by molar-refractivity contribution is -0.0956. The number of halogens is 2. The van der Waals surface area contributed by atoms with Gasteiger partial charge in [-0.3, -0.25) is 9.36 Å². The number of rotatable bonds is 6. The molecule has 2 heterocycles. The molecule has 33 heavy (non-hydrogen) atoms. The molecule has 1 aliphatic rings. The molecule has 1 amide bonds. The van der Waals surface area contributed by atoms with Gasteiger partial charge < -0.3 is 14.4 Å². The smallest absolute Gasteiger partial charge is 0.410 e. The Bertz CT molecular complexity index is 1150. The number of amides is 1. The van der Waals surface area contributed by atoms with Crippen LogP contribution in [-0.4, -0.2) is 61.5 Å². The van der Waals surface area contributed by atoms with Crippen LogP contribution >= 0.6 is 0 Å². The van der Waals surface area contributed by atoms with E-state index < -0.39 is 28.0 Å². The number of carbonyl (C=O) groups is 1. The topological polar surface area (TPSA) is 94.9 Å². The average Bonchev–Trinajstić information content (AvgIpc) is 2.73. The van der Waals surface area contributed by atoms with E-state index in [1.807, 2.05) is 0 Å². The van der Waals surface area contributed by atoms with Crippen molar-refractivity contribution in [1.82, 2.24) is 9.47 Å². The van der Waals surface area contributed by atoms with Crippen LogP contribution in [0, 0.1) is 0 Å². The predicted molar refractivity (Wildman–Crippen MR) is 117 cm³/mol. The second-order valence-electron chi connectivity index (χ2n) is 8.12. The zero-order valence-electron chi connectivity index (χ0n) is 18.5. The maximum atomic E-state index is 13.2. The van der Waals surface area contributed by atoms with Gasteiger partial charge in [0.15, 0.2) is 15.9 Å². The fourth-order valence-electron chi connectivity index (χ4n) is 3.28. The summed E-state index contributed by atoms with van der Waals surface area (Å²) in [6, 6.07) is 8.91. The van der Waals surface area contributed by atoms with Crippen LogP contribution in [0.5, 0.6) is 5.75 Å². The van der Waals surface area contributed by atoms with Crippen molar-refractivity contribution >= 4 is 15.9 Å². The molecule has 1 atom stereocenters. The van der Waals surface area contributed by atoms with Crippen molar-refractivity contribution in [2.75, 3.05) is 19.3 Å². The summed E-state index contributed by atoms with van der Waals surface area (Å²) in [5.74, 6) is -2.75. The summed E-state index contributed by atoms with van der Waals surface area (Å²) in [4.78, 5) is 26.1. The molecule has 0 aliphatic carbocycles. The number of nitrogens with zero attached hydrogens (tertiary/aromatic N) is 2. The predicted octanol–water partition coefficient (Wildman–Crippen LogP) is 3.26. The Balaban J connectivity index is 1.58. The molecule has 11 heteroatoms. The van der Waals surface area contributed by atoms with E-state index in [2.05, 4.69) is 0 Å². The number of sulfone groups is 1. The number of pyridine rings is 1. The van der Waals surface area contributed by atoms with Gasteiger partial charge in [0.2, 0.25) is 0 Å². The highest BCUT2D eigenvalue weighted by atomic mass is 32.2.